The summed E-state index contributed by atoms with van der Waals surface area (Å²) in [5, 5.41) is 4.64. The molecule has 4 rings (SSSR count). The van der Waals surface area contributed by atoms with Crippen molar-refractivity contribution in [2.24, 2.45) is 5.10 Å². The molecular formula is C24H23FN4O2. The van der Waals surface area contributed by atoms with Gasteiger partial charge in [0, 0.05) is 10.9 Å². The predicted molar refractivity (Wildman–Crippen MR) is 123 cm³/mol. The first-order valence-electron chi connectivity index (χ1n) is 10.3. The smallest absolute Gasteiger partial charge is 0.349 e. The fourth-order valence-electron chi connectivity index (χ4n) is 3.57. The largest absolute Gasteiger partial charge is 0.350 e. The highest BCUT2D eigenvalue weighted by Gasteiger charge is 2.13. The summed E-state index contributed by atoms with van der Waals surface area (Å²) in [6.45, 7) is 2.13. The molecule has 2 aromatic heterocycles. The number of hydrogen-bond donors (Lipinski definition) is 2. The molecule has 0 radical (unpaired) electrons. The fraction of sp³-hybridized carbons (Fsp3) is 0.208. The number of halogens is 1. The standard InChI is InChI=1S/C24H23FN4O2/c1-2-3-5-10-17(13-16-8-6-4-7-9-16)15-26-29-23(30)22-21(28-24(29)31)19-14-18(25)11-12-20(19)27-22/h4,6-9,11-15,27H,2-3,5,10H2,1H3,(H,28,31)/b17-13-,26-15-. The molecule has 0 aliphatic heterocycles. The normalized spacial score (nSPS) is 12.4. The van der Waals surface area contributed by atoms with Gasteiger partial charge in [-0.3, -0.25) is 4.79 Å². The average Bonchev–Trinajstić information content (AvgIpc) is 3.12. The van der Waals surface area contributed by atoms with Crippen molar-refractivity contribution < 1.29 is 4.39 Å². The number of hydrogen-bond acceptors (Lipinski definition) is 3. The van der Waals surface area contributed by atoms with Crippen molar-refractivity contribution in [2.75, 3.05) is 0 Å². The molecule has 0 spiro atoms. The van der Waals surface area contributed by atoms with E-state index in [0.29, 0.717) is 10.9 Å². The van der Waals surface area contributed by atoms with E-state index in [-0.39, 0.29) is 11.0 Å². The highest BCUT2D eigenvalue weighted by molar-refractivity contribution is 6.04. The number of rotatable bonds is 7. The Hall–Kier alpha value is -3.74. The Labute approximate surface area is 177 Å². The van der Waals surface area contributed by atoms with E-state index < -0.39 is 17.1 Å². The summed E-state index contributed by atoms with van der Waals surface area (Å²) in [5.41, 5.74) is 1.70. The van der Waals surface area contributed by atoms with Gasteiger partial charge in [0.15, 0.2) is 0 Å². The summed E-state index contributed by atoms with van der Waals surface area (Å²) in [6, 6.07) is 13.9. The molecular weight excluding hydrogens is 395 g/mol. The van der Waals surface area contributed by atoms with Crippen molar-refractivity contribution >= 4 is 34.2 Å². The topological polar surface area (TPSA) is 83.0 Å². The Balaban J connectivity index is 1.76. The number of benzene rings is 2. The van der Waals surface area contributed by atoms with Crippen LogP contribution in [0.2, 0.25) is 0 Å². The Morgan fingerprint density at radius 2 is 1.87 bits per heavy atom. The summed E-state index contributed by atoms with van der Waals surface area (Å²) in [6.07, 6.45) is 7.51. The van der Waals surface area contributed by atoms with Crippen LogP contribution in [0.15, 0.2) is 68.8 Å². The molecule has 0 saturated heterocycles. The molecule has 0 aliphatic rings. The molecule has 0 amide bonds. The number of fused-ring (bicyclic) bond motifs is 3. The van der Waals surface area contributed by atoms with Crippen LogP contribution >= 0.6 is 0 Å². The number of allylic oxidation sites excluding steroid dienone is 1. The predicted octanol–water partition coefficient (Wildman–Crippen LogP) is 4.81. The summed E-state index contributed by atoms with van der Waals surface area (Å²) >= 11 is 0. The van der Waals surface area contributed by atoms with E-state index in [0.717, 1.165) is 41.5 Å². The highest BCUT2D eigenvalue weighted by atomic mass is 19.1. The Bertz CT molecular complexity index is 1390. The van der Waals surface area contributed by atoms with Gasteiger partial charge < -0.3 is 9.97 Å². The third kappa shape index (κ3) is 4.40. The minimum Gasteiger partial charge on any atom is -0.349 e. The van der Waals surface area contributed by atoms with Crippen molar-refractivity contribution in [1.29, 1.82) is 0 Å². The molecule has 0 saturated carbocycles. The zero-order valence-corrected chi connectivity index (χ0v) is 17.2. The van der Waals surface area contributed by atoms with Crippen molar-refractivity contribution in [2.45, 2.75) is 32.6 Å². The van der Waals surface area contributed by atoms with E-state index in [2.05, 4.69) is 22.0 Å². The Kier molecular flexibility index (Phi) is 5.93. The first-order valence-corrected chi connectivity index (χ1v) is 10.3. The van der Waals surface area contributed by atoms with Crippen LogP contribution in [0.1, 0.15) is 38.2 Å². The number of nitrogens with one attached hydrogen (secondary N) is 2. The minimum atomic E-state index is -0.675. The van der Waals surface area contributed by atoms with Crippen LogP contribution < -0.4 is 11.2 Å². The second kappa shape index (κ2) is 8.95. The van der Waals surface area contributed by atoms with Crippen LogP contribution in [0.5, 0.6) is 0 Å². The van der Waals surface area contributed by atoms with E-state index in [4.69, 9.17) is 0 Å². The summed E-state index contributed by atoms with van der Waals surface area (Å²) in [4.78, 5) is 31.1. The number of H-pyrrole nitrogens is 2. The molecule has 0 unspecified atom stereocenters. The molecule has 0 fully saturated rings. The summed E-state index contributed by atoms with van der Waals surface area (Å²) < 4.78 is 14.4. The lowest BCUT2D eigenvalue weighted by molar-refractivity contribution is 0.630. The first-order chi connectivity index (χ1) is 15.1. The SMILES string of the molecule is CCCCCC(/C=N\n1c(=O)[nH]c2c([nH]c3ccc(F)cc32)c1=O)=C/c1ccccc1. The molecule has 6 nitrogen and oxygen atoms in total. The molecule has 2 heterocycles. The van der Waals surface area contributed by atoms with Gasteiger partial charge in [-0.25, -0.2) is 9.18 Å². The molecule has 158 valence electrons. The van der Waals surface area contributed by atoms with Gasteiger partial charge in [0.05, 0.1) is 11.7 Å². The molecule has 2 aromatic carbocycles. The number of aromatic amines is 2. The van der Waals surface area contributed by atoms with Gasteiger partial charge in [0.1, 0.15) is 11.3 Å². The van der Waals surface area contributed by atoms with Gasteiger partial charge in [0.25, 0.3) is 0 Å². The molecule has 2 N–H and O–H groups in total. The zero-order chi connectivity index (χ0) is 21.8. The van der Waals surface area contributed by atoms with Crippen molar-refractivity contribution in [3.63, 3.8) is 0 Å². The summed E-state index contributed by atoms with van der Waals surface area (Å²) in [5.74, 6) is -0.445. The van der Waals surface area contributed by atoms with E-state index in [1.54, 1.807) is 6.21 Å². The Morgan fingerprint density at radius 1 is 1.06 bits per heavy atom. The lowest BCUT2D eigenvalue weighted by Crippen LogP contribution is -2.32. The molecule has 0 aliphatic carbocycles. The Morgan fingerprint density at radius 3 is 2.65 bits per heavy atom. The maximum Gasteiger partial charge on any atom is 0.350 e. The molecule has 7 heteroatoms. The van der Waals surface area contributed by atoms with Crippen LogP contribution in [-0.2, 0) is 0 Å². The minimum absolute atomic E-state index is 0.178. The fourth-order valence-corrected chi connectivity index (χ4v) is 3.57. The van der Waals surface area contributed by atoms with Crippen LogP contribution in [0.4, 0.5) is 4.39 Å². The lowest BCUT2D eigenvalue weighted by atomic mass is 10.1. The molecule has 31 heavy (non-hydrogen) atoms. The van der Waals surface area contributed by atoms with Gasteiger partial charge in [0.2, 0.25) is 0 Å². The third-order valence-electron chi connectivity index (χ3n) is 5.15. The van der Waals surface area contributed by atoms with E-state index in [9.17, 15) is 14.0 Å². The maximum absolute atomic E-state index is 13.6. The van der Waals surface area contributed by atoms with Gasteiger partial charge in [-0.2, -0.15) is 5.10 Å². The van der Waals surface area contributed by atoms with Crippen molar-refractivity contribution in [3.05, 3.63) is 86.3 Å². The number of aromatic nitrogens is 3. The molecule has 0 atom stereocenters. The quantitative estimate of drug-likeness (QED) is 0.334. The van der Waals surface area contributed by atoms with Gasteiger partial charge in [-0.1, -0.05) is 56.2 Å². The molecule has 0 bridgehead atoms. The number of nitrogens with zero attached hydrogens (tertiary/aromatic N) is 2. The van der Waals surface area contributed by atoms with Crippen LogP contribution in [0.3, 0.4) is 0 Å². The maximum atomic E-state index is 13.6. The second-order valence-electron chi connectivity index (χ2n) is 7.44. The van der Waals surface area contributed by atoms with Crippen LogP contribution in [-0.4, -0.2) is 20.9 Å². The van der Waals surface area contributed by atoms with E-state index >= 15 is 0 Å². The summed E-state index contributed by atoms with van der Waals surface area (Å²) in [7, 11) is 0. The van der Waals surface area contributed by atoms with E-state index in [1.807, 2.05) is 36.4 Å². The van der Waals surface area contributed by atoms with Crippen LogP contribution in [0, 0.1) is 5.82 Å². The van der Waals surface area contributed by atoms with Gasteiger partial charge in [-0.15, -0.1) is 4.68 Å². The zero-order valence-electron chi connectivity index (χ0n) is 17.2. The lowest BCUT2D eigenvalue weighted by Gasteiger charge is -2.03. The van der Waals surface area contributed by atoms with Crippen LogP contribution in [0.25, 0.3) is 28.0 Å². The third-order valence-corrected chi connectivity index (χ3v) is 5.15. The average molecular weight is 418 g/mol. The van der Waals surface area contributed by atoms with E-state index in [1.165, 1.54) is 18.2 Å². The highest BCUT2D eigenvalue weighted by Crippen LogP contribution is 2.21. The van der Waals surface area contributed by atoms with Crippen molar-refractivity contribution in [1.82, 2.24) is 14.6 Å². The van der Waals surface area contributed by atoms with Gasteiger partial charge >= 0.3 is 11.2 Å². The number of unbranched alkanes of at least 4 members (excludes halogenated alkanes) is 2. The monoisotopic (exact) mass is 418 g/mol. The van der Waals surface area contributed by atoms with Gasteiger partial charge in [-0.05, 0) is 42.2 Å². The van der Waals surface area contributed by atoms with Crippen molar-refractivity contribution in [3.8, 4) is 0 Å². The first kappa shape index (κ1) is 20.5. The molecule has 4 aromatic rings. The second-order valence-corrected chi connectivity index (χ2v) is 7.44.